The van der Waals surface area contributed by atoms with Crippen LogP contribution in [0.25, 0.3) is 28.2 Å². The Morgan fingerprint density at radius 2 is 1.81 bits per heavy atom. The van der Waals surface area contributed by atoms with Gasteiger partial charge < -0.3 is 9.97 Å². The zero-order chi connectivity index (χ0) is 19.1. The number of nitrogens with one attached hydrogen (secondary N) is 2. The van der Waals surface area contributed by atoms with Crippen LogP contribution in [0.15, 0.2) is 41.2 Å². The Labute approximate surface area is 160 Å². The summed E-state index contributed by atoms with van der Waals surface area (Å²) in [6.45, 7) is 8.00. The van der Waals surface area contributed by atoms with E-state index in [2.05, 4.69) is 22.1 Å². The van der Waals surface area contributed by atoms with E-state index in [0.29, 0.717) is 11.4 Å². The molecule has 0 aliphatic heterocycles. The van der Waals surface area contributed by atoms with E-state index in [4.69, 9.17) is 11.6 Å². The highest BCUT2D eigenvalue weighted by Gasteiger charge is 2.12. The Morgan fingerprint density at radius 3 is 2.54 bits per heavy atom. The monoisotopic (exact) mass is 370 g/mol. The van der Waals surface area contributed by atoms with Crippen molar-refractivity contribution in [1.82, 2.24) is 9.97 Å². The normalized spacial score (nSPS) is 11.9. The minimum absolute atomic E-state index is 0.0607. The molecule has 0 amide bonds. The predicted octanol–water partition coefficient (Wildman–Crippen LogP) is 6.27. The Bertz CT molecular complexity index is 950. The molecule has 0 fully saturated rings. The third kappa shape index (κ3) is 4.10. The molecule has 2 heterocycles. The number of aromatic nitrogens is 2. The van der Waals surface area contributed by atoms with Gasteiger partial charge in [0.2, 0.25) is 0 Å². The molecule has 0 saturated carbocycles. The molecule has 3 nitrogen and oxygen atoms in total. The number of allylic oxidation sites excluding steroid dienone is 1. The van der Waals surface area contributed by atoms with E-state index in [1.165, 1.54) is 5.56 Å². The summed E-state index contributed by atoms with van der Waals surface area (Å²) in [7, 11) is 0. The lowest BCUT2D eigenvalue weighted by molar-refractivity contribution is 0.958. The number of benzene rings is 1. The Kier molecular flexibility index (Phi) is 7.28. The molecule has 1 aliphatic rings. The lowest BCUT2D eigenvalue weighted by Crippen LogP contribution is -2.13. The van der Waals surface area contributed by atoms with Crippen LogP contribution in [0.2, 0.25) is 0 Å². The molecule has 1 aromatic carbocycles. The first-order valence-corrected chi connectivity index (χ1v) is 9.89. The van der Waals surface area contributed by atoms with Crippen LogP contribution in [0.3, 0.4) is 0 Å². The van der Waals surface area contributed by atoms with Gasteiger partial charge in [-0.3, -0.25) is 4.79 Å². The highest BCUT2D eigenvalue weighted by molar-refractivity contribution is 6.17. The number of aryl methyl sites for hydroxylation is 1. The number of alkyl halides is 1. The van der Waals surface area contributed by atoms with E-state index in [9.17, 15) is 4.79 Å². The predicted molar refractivity (Wildman–Crippen MR) is 114 cm³/mol. The van der Waals surface area contributed by atoms with Crippen LogP contribution in [0, 0.1) is 0 Å². The number of halogens is 1. The fourth-order valence-electron chi connectivity index (χ4n) is 2.99. The van der Waals surface area contributed by atoms with Gasteiger partial charge in [-0.15, -0.1) is 11.6 Å². The van der Waals surface area contributed by atoms with E-state index in [0.717, 1.165) is 40.7 Å². The second-order valence-electron chi connectivity index (χ2n) is 5.63. The molecule has 0 atom stereocenters. The minimum atomic E-state index is -0.0607. The van der Waals surface area contributed by atoms with Crippen molar-refractivity contribution in [2.45, 2.75) is 46.4 Å². The van der Waals surface area contributed by atoms with Crippen molar-refractivity contribution in [1.29, 1.82) is 0 Å². The topological polar surface area (TPSA) is 48.6 Å². The van der Waals surface area contributed by atoms with Gasteiger partial charge in [0.05, 0.1) is 11.3 Å². The lowest BCUT2D eigenvalue weighted by atomic mass is 9.99. The summed E-state index contributed by atoms with van der Waals surface area (Å²) in [5.74, 6) is 0.488. The minimum Gasteiger partial charge on any atom is -0.354 e. The molecule has 0 saturated heterocycles. The molecule has 1 aliphatic carbocycles. The molecular formula is C22H27ClN2O. The van der Waals surface area contributed by atoms with E-state index in [1.54, 1.807) is 0 Å². The maximum Gasteiger partial charge on any atom is 0.257 e. The summed E-state index contributed by atoms with van der Waals surface area (Å²) in [5.41, 5.74) is 5.69. The number of rotatable bonds is 2. The summed E-state index contributed by atoms with van der Waals surface area (Å²) in [6, 6.07) is 10.1. The van der Waals surface area contributed by atoms with Gasteiger partial charge in [0.15, 0.2) is 0 Å². The van der Waals surface area contributed by atoms with Crippen LogP contribution < -0.4 is 5.56 Å². The van der Waals surface area contributed by atoms with Crippen LogP contribution in [0.5, 0.6) is 0 Å². The van der Waals surface area contributed by atoms with Gasteiger partial charge >= 0.3 is 0 Å². The summed E-state index contributed by atoms with van der Waals surface area (Å²) in [6.07, 6.45) is 6.06. The summed E-state index contributed by atoms with van der Waals surface area (Å²) in [5, 5.41) is 1.07. The van der Waals surface area contributed by atoms with Crippen molar-refractivity contribution in [3.05, 3.63) is 63.6 Å². The molecule has 4 heteroatoms. The molecule has 0 spiro atoms. The second kappa shape index (κ2) is 9.44. The number of H-pyrrole nitrogens is 2. The van der Waals surface area contributed by atoms with Gasteiger partial charge in [-0.1, -0.05) is 39.8 Å². The van der Waals surface area contributed by atoms with Crippen molar-refractivity contribution < 1.29 is 0 Å². The van der Waals surface area contributed by atoms with Crippen LogP contribution in [0.1, 0.15) is 50.9 Å². The van der Waals surface area contributed by atoms with Crippen LogP contribution in [0.4, 0.5) is 0 Å². The first kappa shape index (κ1) is 20.1. The Morgan fingerprint density at radius 1 is 1.04 bits per heavy atom. The molecule has 26 heavy (non-hydrogen) atoms. The Hall–Kier alpha value is -2.26. The molecule has 3 aromatic rings. The lowest BCUT2D eigenvalue weighted by Gasteiger charge is -2.11. The van der Waals surface area contributed by atoms with E-state index < -0.39 is 0 Å². The van der Waals surface area contributed by atoms with Gasteiger partial charge in [0, 0.05) is 22.5 Å². The zero-order valence-corrected chi connectivity index (χ0v) is 16.7. The fraction of sp³-hybridized carbons (Fsp3) is 0.318. The van der Waals surface area contributed by atoms with Gasteiger partial charge in [-0.05, 0) is 54.3 Å². The van der Waals surface area contributed by atoms with Crippen molar-refractivity contribution in [2.24, 2.45) is 0 Å². The third-order valence-electron chi connectivity index (χ3n) is 4.15. The summed E-state index contributed by atoms with van der Waals surface area (Å²) in [4.78, 5) is 18.7. The number of pyridine rings is 1. The Balaban J connectivity index is 0.000000570. The molecular weight excluding hydrogens is 344 g/mol. The van der Waals surface area contributed by atoms with Gasteiger partial charge in [0.1, 0.15) is 0 Å². The van der Waals surface area contributed by atoms with Crippen molar-refractivity contribution >= 4 is 28.6 Å². The number of hydrogen-bond donors (Lipinski definition) is 2. The SMILES string of the molecule is CC.CC.O=c1[nH]c2c(cc1-c1cc3cc(CCl)ccc3[nH]1)CCC=C2. The first-order valence-electron chi connectivity index (χ1n) is 9.35. The van der Waals surface area contributed by atoms with E-state index in [1.807, 2.05) is 58.0 Å². The summed E-state index contributed by atoms with van der Waals surface area (Å²) < 4.78 is 0. The molecule has 2 aromatic heterocycles. The second-order valence-corrected chi connectivity index (χ2v) is 5.90. The van der Waals surface area contributed by atoms with E-state index in [-0.39, 0.29) is 5.56 Å². The quantitative estimate of drug-likeness (QED) is 0.513. The van der Waals surface area contributed by atoms with Crippen LogP contribution >= 0.6 is 11.6 Å². The molecule has 138 valence electrons. The maximum absolute atomic E-state index is 12.4. The average Bonchev–Trinajstić information content (AvgIpc) is 3.13. The molecule has 2 N–H and O–H groups in total. The van der Waals surface area contributed by atoms with Gasteiger partial charge in [-0.25, -0.2) is 0 Å². The molecule has 0 unspecified atom stereocenters. The zero-order valence-electron chi connectivity index (χ0n) is 15.9. The van der Waals surface area contributed by atoms with Crippen LogP contribution in [-0.2, 0) is 12.3 Å². The molecule has 0 bridgehead atoms. The van der Waals surface area contributed by atoms with E-state index >= 15 is 0 Å². The largest absolute Gasteiger partial charge is 0.354 e. The standard InChI is InChI=1S/C18H15ClN2O.2C2H6/c19-10-11-5-6-16-13(7-11)9-17(20-16)14-8-12-3-1-2-4-15(12)21-18(14)22;2*1-2/h2,4-9,20H,1,3,10H2,(H,21,22);2*1-2H3. The molecule has 4 rings (SSSR count). The third-order valence-corrected chi connectivity index (χ3v) is 4.46. The number of aromatic amines is 2. The highest BCUT2D eigenvalue weighted by atomic mass is 35.5. The van der Waals surface area contributed by atoms with Crippen molar-refractivity contribution in [3.63, 3.8) is 0 Å². The smallest absolute Gasteiger partial charge is 0.257 e. The van der Waals surface area contributed by atoms with Crippen molar-refractivity contribution in [2.75, 3.05) is 0 Å². The number of hydrogen-bond acceptors (Lipinski definition) is 1. The molecule has 0 radical (unpaired) electrons. The first-order chi connectivity index (χ1) is 12.7. The maximum atomic E-state index is 12.4. The van der Waals surface area contributed by atoms with Gasteiger partial charge in [0.25, 0.3) is 5.56 Å². The fourth-order valence-corrected chi connectivity index (χ4v) is 3.16. The number of fused-ring (bicyclic) bond motifs is 2. The summed E-state index contributed by atoms with van der Waals surface area (Å²) >= 11 is 5.88. The highest BCUT2D eigenvalue weighted by Crippen LogP contribution is 2.26. The van der Waals surface area contributed by atoms with Gasteiger partial charge in [-0.2, -0.15) is 0 Å². The average molecular weight is 371 g/mol. The van der Waals surface area contributed by atoms with Crippen molar-refractivity contribution in [3.8, 4) is 11.3 Å². The van der Waals surface area contributed by atoms with Crippen LogP contribution in [-0.4, -0.2) is 9.97 Å².